The van der Waals surface area contributed by atoms with Crippen LogP contribution in [0.5, 0.6) is 0 Å². The molecule has 1 aromatic carbocycles. The molecule has 4 nitrogen and oxygen atoms in total. The van der Waals surface area contributed by atoms with E-state index in [1.165, 1.54) is 12.1 Å². The first-order valence-electron chi connectivity index (χ1n) is 2.99. The third kappa shape index (κ3) is 2.29. The van der Waals surface area contributed by atoms with Gasteiger partial charge in [0, 0.05) is 0 Å². The Morgan fingerprint density at radius 2 is 1.45 bits per heavy atom. The Bertz CT molecular complexity index is 244. The summed E-state index contributed by atoms with van der Waals surface area (Å²) in [6.45, 7) is 0. The van der Waals surface area contributed by atoms with E-state index in [0.717, 1.165) is 0 Å². The van der Waals surface area contributed by atoms with Crippen LogP contribution < -0.4 is 9.00 Å². The van der Waals surface area contributed by atoms with Crippen molar-refractivity contribution in [1.29, 1.82) is 0 Å². The molecule has 0 fully saturated rings. The Morgan fingerprint density at radius 1 is 1.00 bits per heavy atom. The molecule has 62 valence electrons. The van der Waals surface area contributed by atoms with Crippen molar-refractivity contribution < 1.29 is 12.3 Å². The van der Waals surface area contributed by atoms with E-state index < -0.39 is 13.7 Å². The fourth-order valence-corrected chi connectivity index (χ4v) is 2.28. The first kappa shape index (κ1) is 8.71. The molecule has 0 aliphatic heterocycles. The third-order valence-corrected chi connectivity index (χ3v) is 3.96. The molecule has 5 N–H and O–H groups in total. The monoisotopic (exact) mass is 219 g/mol. The van der Waals surface area contributed by atoms with Gasteiger partial charge >= 0.3 is 65.3 Å². The van der Waals surface area contributed by atoms with Crippen LogP contribution in [-0.4, -0.2) is 26.0 Å². The van der Waals surface area contributed by atoms with E-state index in [9.17, 15) is 0 Å². The third-order valence-electron chi connectivity index (χ3n) is 1.25. The minimum atomic E-state index is -5.50. The minimum absolute atomic E-state index is 0.00556. The molecule has 0 amide bonds. The molecule has 0 aliphatic rings. The molecule has 11 heavy (non-hydrogen) atoms. The molecule has 1 rings (SSSR count). The summed E-state index contributed by atoms with van der Waals surface area (Å²) in [6.07, 6.45) is 0. The molecule has 1 aromatic rings. The van der Waals surface area contributed by atoms with Crippen molar-refractivity contribution in [2.45, 2.75) is 0 Å². The van der Waals surface area contributed by atoms with Crippen molar-refractivity contribution in [2.24, 2.45) is 4.65 Å². The van der Waals surface area contributed by atoms with Gasteiger partial charge in [0.2, 0.25) is 0 Å². The maximum absolute atomic E-state index is 9.02. The molecule has 0 aromatic heterocycles. The molecule has 5 heteroatoms. The van der Waals surface area contributed by atoms with Crippen LogP contribution in [0.2, 0.25) is 0 Å². The summed E-state index contributed by atoms with van der Waals surface area (Å²) in [5, 5.41) is 0. The van der Waals surface area contributed by atoms with E-state index in [0.29, 0.717) is 0 Å². The van der Waals surface area contributed by atoms with Crippen molar-refractivity contribution >= 4 is 18.1 Å². The fourth-order valence-electron chi connectivity index (χ4n) is 0.714. The van der Waals surface area contributed by atoms with Crippen LogP contribution in [-0.2, 0) is 0 Å². The van der Waals surface area contributed by atoms with Crippen molar-refractivity contribution in [3.63, 3.8) is 0 Å². The van der Waals surface area contributed by atoms with Gasteiger partial charge in [-0.2, -0.15) is 0 Å². The second kappa shape index (κ2) is 2.30. The van der Waals surface area contributed by atoms with Gasteiger partial charge in [-0.3, -0.25) is 0 Å². The molecular weight excluding hydrogens is 209 g/mol. The summed E-state index contributed by atoms with van der Waals surface area (Å²) < 4.78 is 32.0. The van der Waals surface area contributed by atoms with Crippen LogP contribution in [0.4, 0.5) is 0 Å². The van der Waals surface area contributed by atoms with E-state index in [4.69, 9.17) is 16.9 Å². The van der Waals surface area contributed by atoms with Gasteiger partial charge < -0.3 is 0 Å². The molecule has 0 heterocycles. The molecule has 0 saturated carbocycles. The topological polar surface area (TPSA) is 86.7 Å². The summed E-state index contributed by atoms with van der Waals surface area (Å²) in [5.41, 5.74) is 0. The van der Waals surface area contributed by atoms with E-state index >= 15 is 0 Å². The quantitative estimate of drug-likeness (QED) is 0.420. The zero-order valence-corrected chi connectivity index (χ0v) is 7.63. The van der Waals surface area contributed by atoms with Crippen LogP contribution in [0, 0.1) is 0 Å². The Kier molecular flexibility index (Phi) is 1.82. The standard InChI is InChI=1S/C6H10AsNO3/c8-7(9,10,11)6-4-2-1-3-5-6/h1-5,9-11H,8H2. The van der Waals surface area contributed by atoms with E-state index in [1.54, 1.807) is 18.2 Å². The van der Waals surface area contributed by atoms with Crippen LogP contribution in [0.1, 0.15) is 0 Å². The summed E-state index contributed by atoms with van der Waals surface area (Å²) in [6, 6.07) is 7.60. The average molecular weight is 219 g/mol. The second-order valence-electron chi connectivity index (χ2n) is 2.38. The van der Waals surface area contributed by atoms with Crippen LogP contribution in [0.3, 0.4) is 0 Å². The summed E-state index contributed by atoms with van der Waals surface area (Å²) in [7, 11) is 0. The first-order valence-corrected chi connectivity index (χ1v) is 7.53. The molecule has 0 spiro atoms. The van der Waals surface area contributed by atoms with Crippen molar-refractivity contribution in [3.05, 3.63) is 30.3 Å². The SMILES string of the molecule is N[As](O)(O)(O)c1ccccc1. The summed E-state index contributed by atoms with van der Waals surface area (Å²) in [5.74, 6) is 0. The van der Waals surface area contributed by atoms with Crippen molar-refractivity contribution in [3.8, 4) is 0 Å². The number of hydrogen-bond acceptors (Lipinski definition) is 4. The van der Waals surface area contributed by atoms with E-state index in [-0.39, 0.29) is 4.35 Å². The Labute approximate surface area is 65.8 Å². The summed E-state index contributed by atoms with van der Waals surface area (Å²) in [4.78, 5) is 0. The zero-order chi connectivity index (χ0) is 8.56. The van der Waals surface area contributed by atoms with Crippen molar-refractivity contribution in [1.82, 2.24) is 0 Å². The van der Waals surface area contributed by atoms with Crippen LogP contribution in [0.15, 0.2) is 30.3 Å². The van der Waals surface area contributed by atoms with Gasteiger partial charge in [0.15, 0.2) is 0 Å². The van der Waals surface area contributed by atoms with E-state index in [1.807, 2.05) is 0 Å². The van der Waals surface area contributed by atoms with Crippen LogP contribution >= 0.6 is 0 Å². The van der Waals surface area contributed by atoms with E-state index in [2.05, 4.69) is 0 Å². The van der Waals surface area contributed by atoms with Gasteiger partial charge in [-0.15, -0.1) is 0 Å². The van der Waals surface area contributed by atoms with Crippen molar-refractivity contribution in [2.75, 3.05) is 0 Å². The molecule has 0 aliphatic carbocycles. The van der Waals surface area contributed by atoms with Gasteiger partial charge in [0.05, 0.1) is 0 Å². The zero-order valence-electron chi connectivity index (χ0n) is 5.75. The first-order chi connectivity index (χ1) is 4.86. The summed E-state index contributed by atoms with van der Waals surface area (Å²) >= 11 is -5.50. The number of hydrogen-bond donors (Lipinski definition) is 4. The van der Waals surface area contributed by atoms with Gasteiger partial charge in [0.1, 0.15) is 0 Å². The molecule has 0 atom stereocenters. The van der Waals surface area contributed by atoms with Gasteiger partial charge in [0.25, 0.3) is 0 Å². The molecule has 0 radical (unpaired) electrons. The van der Waals surface area contributed by atoms with Gasteiger partial charge in [-0.25, -0.2) is 0 Å². The fraction of sp³-hybridized carbons (Fsp3) is 0. The predicted molar refractivity (Wildman–Crippen MR) is 42.7 cm³/mol. The number of benzene rings is 1. The molecular formula is C6H10AsNO3. The maximum atomic E-state index is 9.02. The molecule has 0 saturated heterocycles. The van der Waals surface area contributed by atoms with Gasteiger partial charge in [-0.1, -0.05) is 0 Å². The van der Waals surface area contributed by atoms with Gasteiger partial charge in [-0.05, 0) is 0 Å². The number of rotatable bonds is 1. The van der Waals surface area contributed by atoms with Crippen LogP contribution in [0.25, 0.3) is 0 Å². The molecule has 0 bridgehead atoms. The second-order valence-corrected chi connectivity index (χ2v) is 7.84. The normalized spacial score (nSPS) is 15.5. The molecule has 0 unspecified atom stereocenters. The Hall–Kier alpha value is -0.382. The Morgan fingerprint density at radius 3 is 1.73 bits per heavy atom. The Balaban J connectivity index is 3.14. The predicted octanol–water partition coefficient (Wildman–Crippen LogP) is -1.78. The number of nitrogens with two attached hydrogens (primary N) is 1. The average Bonchev–Trinajstić information content (AvgIpc) is 1.86.